The van der Waals surface area contributed by atoms with Gasteiger partial charge in [-0.05, 0) is 67.6 Å². The number of amides is 5. The van der Waals surface area contributed by atoms with E-state index in [9.17, 15) is 32.4 Å². The van der Waals surface area contributed by atoms with Crippen LogP contribution in [0, 0.1) is 22.7 Å². The fourth-order valence-electron chi connectivity index (χ4n) is 8.78. The molecule has 49 heavy (non-hydrogen) atoms. The fourth-order valence-corrected chi connectivity index (χ4v) is 11.2. The standard InChI is InChI=1S/C36H59N5O7S/c1-7-13-25(28(42)31(44)37-22-16-17-22)38-30(43)27-26-24(35(26,5)6)20-41(27)32(45)29(34(2,3)4)39-33(46)40-36(18-11-8-12-19-36)21-49(47,48)23-14-9-10-15-23/h22-27,29H,7-21H2,1-6H3,(H,37,44)(H,38,43)(H2,39,40,46)/t24-,25-,26-,27-,29+/m0/s1. The Labute approximate surface area is 292 Å². The summed E-state index contributed by atoms with van der Waals surface area (Å²) < 4.78 is 26.9. The van der Waals surface area contributed by atoms with Gasteiger partial charge in [0.05, 0.1) is 22.6 Å². The van der Waals surface area contributed by atoms with Crippen LogP contribution in [0.4, 0.5) is 4.79 Å². The SMILES string of the molecule is CCC[C@H](NC(=O)[C@@H]1[C@@H]2[C@H](CN1C(=O)[C@@H](NC(=O)NC1(CS(=O)(=O)C3CCCC3)CCCCC1)C(C)(C)C)C2(C)C)C(=O)C(=O)NC1CC1. The van der Waals surface area contributed by atoms with Crippen molar-refractivity contribution in [2.24, 2.45) is 22.7 Å². The van der Waals surface area contributed by atoms with Crippen LogP contribution in [0.15, 0.2) is 0 Å². The number of hydrogen-bond acceptors (Lipinski definition) is 7. The Hall–Kier alpha value is -2.70. The Balaban J connectivity index is 1.32. The second-order valence-electron chi connectivity index (χ2n) is 17.3. The molecule has 0 spiro atoms. The topological polar surface area (TPSA) is 171 Å². The lowest BCUT2D eigenvalue weighted by atomic mass is 9.83. The number of Topliss-reactive ketones (excluding diaryl/α,β-unsaturated/α-hetero) is 1. The van der Waals surface area contributed by atoms with Gasteiger partial charge >= 0.3 is 6.03 Å². The molecule has 5 rings (SSSR count). The predicted octanol–water partition coefficient (Wildman–Crippen LogP) is 3.38. The van der Waals surface area contributed by atoms with Gasteiger partial charge in [0.25, 0.3) is 5.91 Å². The monoisotopic (exact) mass is 705 g/mol. The quantitative estimate of drug-likeness (QED) is 0.213. The Morgan fingerprint density at radius 1 is 0.898 bits per heavy atom. The van der Waals surface area contributed by atoms with Crippen molar-refractivity contribution in [3.8, 4) is 0 Å². The summed E-state index contributed by atoms with van der Waals surface area (Å²) in [6, 6.07) is -3.44. The van der Waals surface area contributed by atoms with E-state index in [4.69, 9.17) is 0 Å². The molecule has 4 aliphatic carbocycles. The first kappa shape index (κ1) is 37.6. The van der Waals surface area contributed by atoms with Gasteiger partial charge in [0.1, 0.15) is 12.1 Å². The van der Waals surface area contributed by atoms with Gasteiger partial charge in [-0.25, -0.2) is 13.2 Å². The van der Waals surface area contributed by atoms with Crippen LogP contribution < -0.4 is 21.3 Å². The van der Waals surface area contributed by atoms with Crippen LogP contribution in [-0.4, -0.2) is 90.1 Å². The zero-order chi connectivity index (χ0) is 35.9. The summed E-state index contributed by atoms with van der Waals surface area (Å²) >= 11 is 0. The normalized spacial score (nSPS) is 27.4. The lowest BCUT2D eigenvalue weighted by Gasteiger charge is -2.41. The zero-order valence-corrected chi connectivity index (χ0v) is 31.2. The second kappa shape index (κ2) is 14.1. The predicted molar refractivity (Wildman–Crippen MR) is 186 cm³/mol. The number of sulfone groups is 1. The minimum Gasteiger partial charge on any atom is -0.347 e. The molecule has 0 bridgehead atoms. The van der Waals surface area contributed by atoms with Crippen molar-refractivity contribution >= 4 is 39.4 Å². The molecule has 12 nitrogen and oxygen atoms in total. The number of carbonyl (C=O) groups is 5. The van der Waals surface area contributed by atoms with Crippen LogP contribution in [0.25, 0.3) is 0 Å². The number of likely N-dealkylation sites (tertiary alicyclic amines) is 1. The van der Waals surface area contributed by atoms with Crippen LogP contribution in [0.5, 0.6) is 0 Å². The molecule has 0 radical (unpaired) electrons. The number of hydrogen-bond donors (Lipinski definition) is 4. The zero-order valence-electron chi connectivity index (χ0n) is 30.4. The molecule has 5 aliphatic rings. The molecular formula is C36H59N5O7S. The number of ketones is 1. The third kappa shape index (κ3) is 8.28. The van der Waals surface area contributed by atoms with Crippen LogP contribution >= 0.6 is 0 Å². The Bertz CT molecular complexity index is 1410. The maximum Gasteiger partial charge on any atom is 0.315 e. The van der Waals surface area contributed by atoms with E-state index >= 15 is 0 Å². The van der Waals surface area contributed by atoms with Gasteiger partial charge in [0, 0.05) is 12.6 Å². The minimum absolute atomic E-state index is 0.00844. The lowest BCUT2D eigenvalue weighted by Crippen LogP contribution is -2.64. The number of rotatable bonds is 13. The second-order valence-corrected chi connectivity index (χ2v) is 19.6. The lowest BCUT2D eigenvalue weighted by molar-refractivity contribution is -0.145. The van der Waals surface area contributed by atoms with E-state index in [0.717, 1.165) is 44.9 Å². The smallest absolute Gasteiger partial charge is 0.315 e. The maximum atomic E-state index is 14.5. The number of piperidine rings is 1. The highest BCUT2D eigenvalue weighted by Gasteiger charge is 2.70. The first-order valence-corrected chi connectivity index (χ1v) is 20.4. The summed E-state index contributed by atoms with van der Waals surface area (Å²) in [5.74, 6) is -2.39. The number of urea groups is 1. The maximum absolute atomic E-state index is 14.5. The van der Waals surface area contributed by atoms with Crippen LogP contribution in [-0.2, 0) is 29.0 Å². The summed E-state index contributed by atoms with van der Waals surface area (Å²) in [5.41, 5.74) is -1.83. The molecule has 5 fully saturated rings. The molecule has 1 saturated heterocycles. The molecule has 4 saturated carbocycles. The van der Waals surface area contributed by atoms with Crippen molar-refractivity contribution in [3.63, 3.8) is 0 Å². The molecule has 1 aliphatic heterocycles. The summed E-state index contributed by atoms with van der Waals surface area (Å²) in [4.78, 5) is 69.5. The summed E-state index contributed by atoms with van der Waals surface area (Å²) in [5, 5.41) is 11.2. The van der Waals surface area contributed by atoms with Gasteiger partial charge in [0.15, 0.2) is 9.84 Å². The van der Waals surface area contributed by atoms with Crippen LogP contribution in [0.1, 0.15) is 125 Å². The molecule has 13 heteroatoms. The first-order chi connectivity index (χ1) is 22.9. The van der Waals surface area contributed by atoms with Crippen LogP contribution in [0.2, 0.25) is 0 Å². The first-order valence-electron chi connectivity index (χ1n) is 18.7. The molecule has 0 aromatic heterocycles. The summed E-state index contributed by atoms with van der Waals surface area (Å²) in [6.45, 7) is 11.9. The average molecular weight is 706 g/mol. The van der Waals surface area contributed by atoms with Gasteiger partial charge in [-0.3, -0.25) is 19.2 Å². The highest BCUT2D eigenvalue weighted by atomic mass is 32.2. The number of nitrogens with zero attached hydrogens (tertiary/aromatic N) is 1. The number of fused-ring (bicyclic) bond motifs is 1. The highest BCUT2D eigenvalue weighted by molar-refractivity contribution is 7.92. The molecule has 1 heterocycles. The highest BCUT2D eigenvalue weighted by Crippen LogP contribution is 2.65. The van der Waals surface area contributed by atoms with E-state index < -0.39 is 68.5 Å². The molecule has 5 atom stereocenters. The average Bonchev–Trinajstić information content (AvgIpc) is 3.69. The van der Waals surface area contributed by atoms with Crippen molar-refractivity contribution < 1.29 is 32.4 Å². The number of nitrogens with one attached hydrogen (secondary N) is 4. The van der Waals surface area contributed by atoms with Gasteiger partial charge in [-0.1, -0.05) is 80.1 Å². The Morgan fingerprint density at radius 3 is 2.10 bits per heavy atom. The Morgan fingerprint density at radius 2 is 1.53 bits per heavy atom. The molecule has 4 N–H and O–H groups in total. The molecular weight excluding hydrogens is 646 g/mol. The molecule has 276 valence electrons. The van der Waals surface area contributed by atoms with E-state index in [-0.39, 0.29) is 34.3 Å². The molecule has 0 unspecified atom stereocenters. The van der Waals surface area contributed by atoms with Crippen molar-refractivity contribution in [3.05, 3.63) is 0 Å². The summed E-state index contributed by atoms with van der Waals surface area (Å²) in [7, 11) is -3.42. The van der Waals surface area contributed by atoms with Gasteiger partial charge in [-0.2, -0.15) is 0 Å². The van der Waals surface area contributed by atoms with Crippen molar-refractivity contribution in [2.45, 2.75) is 160 Å². The fraction of sp³-hybridized carbons (Fsp3) is 0.861. The largest absolute Gasteiger partial charge is 0.347 e. The molecule has 0 aromatic carbocycles. The number of carbonyl (C=O) groups excluding carboxylic acids is 5. The summed E-state index contributed by atoms with van der Waals surface area (Å²) in [6.07, 6.45) is 9.40. The Kier molecular flexibility index (Phi) is 10.8. The molecule has 5 amide bonds. The van der Waals surface area contributed by atoms with Gasteiger partial charge in [0.2, 0.25) is 17.6 Å². The molecule has 0 aromatic rings. The van der Waals surface area contributed by atoms with Crippen LogP contribution in [0.3, 0.4) is 0 Å². The van der Waals surface area contributed by atoms with E-state index in [1.54, 1.807) is 4.90 Å². The van der Waals surface area contributed by atoms with Gasteiger partial charge in [-0.15, -0.1) is 0 Å². The van der Waals surface area contributed by atoms with E-state index in [1.807, 2.05) is 27.7 Å². The van der Waals surface area contributed by atoms with Gasteiger partial charge < -0.3 is 26.2 Å². The van der Waals surface area contributed by atoms with E-state index in [0.29, 0.717) is 45.1 Å². The minimum atomic E-state index is -3.42. The third-order valence-electron chi connectivity index (χ3n) is 12.0. The van der Waals surface area contributed by atoms with E-state index in [2.05, 4.69) is 35.1 Å². The van der Waals surface area contributed by atoms with Crippen molar-refractivity contribution in [1.29, 1.82) is 0 Å². The van der Waals surface area contributed by atoms with E-state index in [1.165, 1.54) is 0 Å². The van der Waals surface area contributed by atoms with Crippen molar-refractivity contribution in [1.82, 2.24) is 26.2 Å². The third-order valence-corrected chi connectivity index (χ3v) is 14.4. The van der Waals surface area contributed by atoms with Crippen molar-refractivity contribution in [2.75, 3.05) is 12.3 Å².